The van der Waals surface area contributed by atoms with Gasteiger partial charge in [0.2, 0.25) is 5.69 Å². The maximum atomic E-state index is 2.53. The van der Waals surface area contributed by atoms with E-state index in [1.807, 2.05) is 0 Å². The van der Waals surface area contributed by atoms with Crippen LogP contribution in [0.15, 0.2) is 85.1 Å². The molecule has 1 nitrogen and oxygen atoms in total. The summed E-state index contributed by atoms with van der Waals surface area (Å²) in [6.07, 6.45) is 2.20. The molecular formula is C29H32NSi2+. The van der Waals surface area contributed by atoms with E-state index in [2.05, 4.69) is 130 Å². The molecule has 160 valence electrons. The van der Waals surface area contributed by atoms with Crippen LogP contribution in [0.3, 0.4) is 0 Å². The average molecular weight is 451 g/mol. The topological polar surface area (TPSA) is 3.88 Å². The van der Waals surface area contributed by atoms with Gasteiger partial charge in [0, 0.05) is 17.7 Å². The Kier molecular flexibility index (Phi) is 4.88. The number of fused-ring (bicyclic) bond motifs is 2. The third-order valence-corrected chi connectivity index (χ3v) is 15.2. The number of hydrogen-bond acceptors (Lipinski definition) is 0. The van der Waals surface area contributed by atoms with Crippen molar-refractivity contribution in [2.24, 2.45) is 7.05 Å². The molecule has 1 aliphatic rings. The number of hydrogen-bond donors (Lipinski definition) is 0. The van der Waals surface area contributed by atoms with Gasteiger partial charge in [-0.3, -0.25) is 0 Å². The third-order valence-electron chi connectivity index (χ3n) is 7.54. The zero-order valence-electron chi connectivity index (χ0n) is 20.0. The van der Waals surface area contributed by atoms with Crippen LogP contribution < -0.4 is 25.3 Å². The molecule has 0 aliphatic carbocycles. The summed E-state index contributed by atoms with van der Waals surface area (Å²) in [5, 5.41) is 6.56. The summed E-state index contributed by atoms with van der Waals surface area (Å²) >= 11 is 0. The lowest BCUT2D eigenvalue weighted by Crippen LogP contribution is -2.77. The van der Waals surface area contributed by atoms with E-state index in [1.165, 1.54) is 27.9 Å². The zero-order chi connectivity index (χ0) is 22.7. The molecule has 0 saturated carbocycles. The molecule has 0 bridgehead atoms. The number of benzene rings is 3. The lowest BCUT2D eigenvalue weighted by molar-refractivity contribution is -0.660. The molecule has 5 rings (SSSR count). The number of rotatable bonds is 2. The highest BCUT2D eigenvalue weighted by Gasteiger charge is 2.43. The zero-order valence-corrected chi connectivity index (χ0v) is 22.0. The summed E-state index contributed by atoms with van der Waals surface area (Å²) in [6.45, 7) is 12.3. The van der Waals surface area contributed by atoms with Crippen molar-refractivity contribution in [2.75, 3.05) is 0 Å². The van der Waals surface area contributed by atoms with Gasteiger partial charge in [-0.1, -0.05) is 108 Å². The first kappa shape index (κ1) is 21.1. The summed E-state index contributed by atoms with van der Waals surface area (Å²) in [7, 11) is -1.31. The Balaban J connectivity index is 1.68. The molecule has 0 N–H and O–H groups in total. The second kappa shape index (κ2) is 7.39. The van der Waals surface area contributed by atoms with E-state index in [4.69, 9.17) is 0 Å². The average Bonchev–Trinajstić information content (AvgIpc) is 2.79. The van der Waals surface area contributed by atoms with E-state index < -0.39 is 16.1 Å². The first-order valence-electron chi connectivity index (χ1n) is 11.5. The van der Waals surface area contributed by atoms with E-state index in [1.54, 1.807) is 20.7 Å². The van der Waals surface area contributed by atoms with Gasteiger partial charge >= 0.3 is 0 Å². The molecule has 0 radical (unpaired) electrons. The van der Waals surface area contributed by atoms with Crippen LogP contribution in [0.4, 0.5) is 0 Å². The van der Waals surface area contributed by atoms with Gasteiger partial charge in [0.1, 0.15) is 23.2 Å². The standard InChI is InChI=1S/C29H32NSi2/c1-21-11-7-8-12-24(21)25-19-23(17-18-30(25)2)22-15-16-28-29(20-22)32(5,6)27-14-10-9-13-26(27)31(28,3)4/h7-20H,1-6H3/q+1. The highest BCUT2D eigenvalue weighted by molar-refractivity contribution is 7.16. The van der Waals surface area contributed by atoms with Gasteiger partial charge in [-0.05, 0) is 29.7 Å². The summed E-state index contributed by atoms with van der Waals surface area (Å²) in [6, 6.07) is 29.9. The maximum Gasteiger partial charge on any atom is 0.213 e. The number of pyridine rings is 1. The monoisotopic (exact) mass is 450 g/mol. The minimum absolute atomic E-state index is 1.26. The molecule has 4 aromatic rings. The first-order valence-corrected chi connectivity index (χ1v) is 17.5. The summed E-state index contributed by atoms with van der Waals surface area (Å²) in [5.41, 5.74) is 6.50. The van der Waals surface area contributed by atoms with Gasteiger partial charge in [-0.25, -0.2) is 4.57 Å². The smallest absolute Gasteiger partial charge is 0.201 e. The Morgan fingerprint density at radius 2 is 1.16 bits per heavy atom. The Morgan fingerprint density at radius 1 is 0.594 bits per heavy atom. The first-order chi connectivity index (χ1) is 15.2. The maximum absolute atomic E-state index is 2.53. The van der Waals surface area contributed by atoms with Crippen molar-refractivity contribution in [3.05, 3.63) is 90.6 Å². The van der Waals surface area contributed by atoms with E-state index in [-0.39, 0.29) is 0 Å². The van der Waals surface area contributed by atoms with Gasteiger partial charge in [0.05, 0.1) is 0 Å². The van der Waals surface area contributed by atoms with Gasteiger partial charge in [0.25, 0.3) is 0 Å². The van der Waals surface area contributed by atoms with Crippen molar-refractivity contribution in [3.63, 3.8) is 0 Å². The van der Waals surface area contributed by atoms with Crippen LogP contribution in [0.5, 0.6) is 0 Å². The molecule has 1 aromatic heterocycles. The molecule has 2 heterocycles. The van der Waals surface area contributed by atoms with Crippen LogP contribution in [0.25, 0.3) is 22.4 Å². The largest absolute Gasteiger partial charge is 0.213 e. The van der Waals surface area contributed by atoms with E-state index in [9.17, 15) is 0 Å². The molecule has 1 aliphatic heterocycles. The van der Waals surface area contributed by atoms with Crippen molar-refractivity contribution < 1.29 is 4.57 Å². The van der Waals surface area contributed by atoms with Crippen molar-refractivity contribution in [3.8, 4) is 22.4 Å². The molecule has 3 aromatic carbocycles. The molecule has 0 spiro atoms. The summed E-state index contributed by atoms with van der Waals surface area (Å²) in [4.78, 5) is 0. The predicted octanol–water partition coefficient (Wildman–Crippen LogP) is 4.11. The fourth-order valence-electron chi connectivity index (χ4n) is 5.53. The van der Waals surface area contributed by atoms with Crippen molar-refractivity contribution in [1.29, 1.82) is 0 Å². The SMILES string of the molecule is Cc1ccccc1-c1cc(-c2ccc3c(c2)[Si](C)(C)c2ccccc2[Si]3(C)C)cc[n+]1C. The van der Waals surface area contributed by atoms with Crippen LogP contribution in [0, 0.1) is 6.92 Å². The quantitative estimate of drug-likeness (QED) is 0.320. The van der Waals surface area contributed by atoms with Crippen LogP contribution in [-0.4, -0.2) is 16.1 Å². The lowest BCUT2D eigenvalue weighted by Gasteiger charge is -2.42. The van der Waals surface area contributed by atoms with Crippen LogP contribution in [0.1, 0.15) is 5.56 Å². The van der Waals surface area contributed by atoms with Gasteiger partial charge in [-0.2, -0.15) is 0 Å². The van der Waals surface area contributed by atoms with Gasteiger partial charge in [-0.15, -0.1) is 0 Å². The molecule has 0 unspecified atom stereocenters. The number of aromatic nitrogens is 1. The summed E-state index contributed by atoms with van der Waals surface area (Å²) in [5.74, 6) is 0. The van der Waals surface area contributed by atoms with E-state index >= 15 is 0 Å². The predicted molar refractivity (Wildman–Crippen MR) is 143 cm³/mol. The Hall–Kier alpha value is -2.76. The molecule has 0 saturated heterocycles. The number of nitrogens with zero attached hydrogens (tertiary/aromatic N) is 1. The van der Waals surface area contributed by atoms with Crippen LogP contribution in [0.2, 0.25) is 26.2 Å². The van der Waals surface area contributed by atoms with Crippen molar-refractivity contribution in [1.82, 2.24) is 0 Å². The highest BCUT2D eigenvalue weighted by atomic mass is 28.3. The summed E-state index contributed by atoms with van der Waals surface area (Å²) < 4.78 is 2.23. The Labute approximate surface area is 194 Å². The van der Waals surface area contributed by atoms with Crippen molar-refractivity contribution >= 4 is 36.9 Å². The third kappa shape index (κ3) is 3.14. The minimum atomic E-state index is -1.75. The molecule has 32 heavy (non-hydrogen) atoms. The fraction of sp³-hybridized carbons (Fsp3) is 0.207. The van der Waals surface area contributed by atoms with E-state index in [0.29, 0.717) is 0 Å². The molecule has 0 atom stereocenters. The van der Waals surface area contributed by atoms with E-state index in [0.717, 1.165) is 0 Å². The van der Waals surface area contributed by atoms with Gasteiger partial charge < -0.3 is 0 Å². The molecule has 3 heteroatoms. The normalized spacial score (nSPS) is 15.7. The highest BCUT2D eigenvalue weighted by Crippen LogP contribution is 2.26. The van der Waals surface area contributed by atoms with Crippen molar-refractivity contribution in [2.45, 2.75) is 33.1 Å². The fourth-order valence-corrected chi connectivity index (χ4v) is 14.9. The lowest BCUT2D eigenvalue weighted by atomic mass is 10.0. The van der Waals surface area contributed by atoms with Gasteiger partial charge in [0.15, 0.2) is 6.20 Å². The minimum Gasteiger partial charge on any atom is -0.201 e. The second-order valence-electron chi connectivity index (χ2n) is 10.3. The van der Waals surface area contributed by atoms with Crippen LogP contribution >= 0.6 is 0 Å². The molecular weight excluding hydrogens is 418 g/mol. The number of aryl methyl sites for hydroxylation is 2. The molecule has 0 amide bonds. The Bertz CT molecular complexity index is 1350. The van der Waals surface area contributed by atoms with Crippen LogP contribution in [-0.2, 0) is 7.05 Å². The second-order valence-corrected chi connectivity index (χ2v) is 18.9. The molecule has 0 fully saturated rings. The Morgan fingerprint density at radius 3 is 1.84 bits per heavy atom.